The van der Waals surface area contributed by atoms with E-state index in [-0.39, 0.29) is 42.0 Å². The fraction of sp³-hybridized carbons (Fsp3) is 0.156. The fourth-order valence-electron chi connectivity index (χ4n) is 21.4. The van der Waals surface area contributed by atoms with Gasteiger partial charge in [0.1, 0.15) is 30.8 Å². The first-order chi connectivity index (χ1) is 70.6. The van der Waals surface area contributed by atoms with Crippen LogP contribution >= 0.6 is 47.3 Å². The Morgan fingerprint density at radius 3 is 0.863 bits per heavy atom. The lowest BCUT2D eigenvalue weighted by molar-refractivity contribution is 0.369. The summed E-state index contributed by atoms with van der Waals surface area (Å²) in [7, 11) is 4.62. The predicted molar refractivity (Wildman–Crippen MR) is 640 cm³/mol. The Balaban J connectivity index is 0.000000185. The highest BCUT2D eigenvalue weighted by molar-refractivity contribution is 9.69. The number of hydrogen-bond donors (Lipinski definition) is 1. The van der Waals surface area contributed by atoms with Gasteiger partial charge >= 0.3 is 3.18 Å². The summed E-state index contributed by atoms with van der Waals surface area (Å²) in [5.74, 6) is 5.77. The molecule has 22 rings (SSSR count). The molecular formula is C128H121B5Br3FN6O3. The summed E-state index contributed by atoms with van der Waals surface area (Å²) in [6.45, 7) is 28.0. The maximum Gasteiger partial charge on any atom is 0.369 e. The monoisotopic (exact) mass is 2100 g/mol. The van der Waals surface area contributed by atoms with Crippen molar-refractivity contribution in [2.45, 2.75) is 126 Å². The largest absolute Gasteiger partial charge is 0.458 e. The second kappa shape index (κ2) is 46.2. The third-order valence-corrected chi connectivity index (χ3v) is 27.8. The molecule has 0 bridgehead atoms. The number of hydrogen-bond acceptors (Lipinski definition) is 9. The van der Waals surface area contributed by atoms with Crippen LogP contribution in [0.1, 0.15) is 159 Å². The lowest BCUT2D eigenvalue weighted by Crippen LogP contribution is -2.63. The van der Waals surface area contributed by atoms with Crippen molar-refractivity contribution in [1.82, 2.24) is 0 Å². The summed E-state index contributed by atoms with van der Waals surface area (Å²) in [5, 5.41) is 3.57. The Morgan fingerprint density at radius 2 is 0.534 bits per heavy atom. The summed E-state index contributed by atoms with van der Waals surface area (Å²) in [5.41, 5.74) is 39.3. The zero-order valence-electron chi connectivity index (χ0n) is 85.0. The van der Waals surface area contributed by atoms with Gasteiger partial charge in [0.15, 0.2) is 0 Å². The van der Waals surface area contributed by atoms with E-state index in [0.29, 0.717) is 35.5 Å². The normalized spacial score (nSPS) is 12.1. The molecule has 0 amide bonds. The molecule has 0 saturated heterocycles. The molecule has 724 valence electrons. The number of anilines is 18. The molecule has 4 aliphatic rings. The van der Waals surface area contributed by atoms with Gasteiger partial charge < -0.3 is 44.0 Å². The standard InChI is InChI=1S/C63H55B2N3O.C63H58BN3O.CH3BO.CH4.BBr3.FH/c1-41(2)44-35-50(42(3)4)62(51(36-44)43(5)6)65-53-32-20-22-34-60(53)69-61-40-57-54(39-55(61)65)64-52-31-19-21-33-56(52)67(47-27-15-9-16-28-47)58-37-49(38-59(63(58)64)68(57)48-29-17-10-18-30-48)66(45-23-11-7-12-24-45)46-25-13-8-14-26-46;1-44(2)47-38-57(45(3)4)63(58(39-47)46(5)6)64-59-34-22-23-35-61(59)68-62-43-53(36-37-60(62)64)67(52-32-20-11-21-33-52)56-41-54(65(48-24-12-7-13-25-48)49-26-14-8-15-27-49)40-55(42-56)66(50-28-16-9-17-29-50)51-30-18-10-19-31-51;2-1-3;;2-1(3)4;/h7-43H,1-6H3;7-46H,1-6H3;3H,1H2;1H4;;1H/i;;3D;;;. The average Bonchev–Trinajstić information content (AvgIpc) is 0.688. The van der Waals surface area contributed by atoms with Crippen LogP contribution in [0.4, 0.5) is 107 Å². The van der Waals surface area contributed by atoms with Gasteiger partial charge in [-0.1, -0.05) is 356 Å². The Bertz CT molecular complexity index is 7270. The van der Waals surface area contributed by atoms with Crippen LogP contribution in [0.2, 0.25) is 0 Å². The van der Waals surface area contributed by atoms with Crippen molar-refractivity contribution in [1.29, 1.82) is 1.43 Å². The molecule has 9 nitrogen and oxygen atoms in total. The minimum absolute atomic E-state index is 0. The van der Waals surface area contributed by atoms with E-state index in [1.165, 1.54) is 88.2 Å². The van der Waals surface area contributed by atoms with Crippen molar-refractivity contribution in [3.63, 3.8) is 0 Å². The van der Waals surface area contributed by atoms with Crippen LogP contribution < -0.4 is 88.0 Å². The van der Waals surface area contributed by atoms with Gasteiger partial charge in [-0.25, -0.2) is 0 Å². The Hall–Kier alpha value is -14.0. The minimum atomic E-state index is -0.0855. The summed E-state index contributed by atoms with van der Waals surface area (Å²) < 4.78 is 20.4. The van der Waals surface area contributed by atoms with Crippen LogP contribution in [0.3, 0.4) is 0 Å². The van der Waals surface area contributed by atoms with Crippen LogP contribution in [-0.2, 0) is 0 Å². The Labute approximate surface area is 892 Å². The SMILES string of the molecule is BrB(Br)Br.C.CC(C)c1cc(C(C)C)c(B2c3ccccc3Oc3cc(N(c4ccccc4)c4cc(N(c5ccccc5)c5ccccc5)cc(N(c5ccccc5)c5ccccc5)c4)ccc32)c(C(C)C)c1.CC(C)c1cc(C(C)C)c(B2c3ccccc3Oc3cc4c(cc32)B2c3ccccc3N(c3ccccc3)c3cc(N(c5ccccc5)c5ccccc5)cc(c32)N4c2ccccc2)c(C(C)C)c1.F.[2H]OC[B]. The lowest BCUT2D eigenvalue weighted by atomic mass is 9.30. The van der Waals surface area contributed by atoms with Gasteiger partial charge in [-0.2, -0.15) is 0 Å². The number of para-hydroxylation sites is 12. The minimum Gasteiger partial charge on any atom is -0.458 e. The first-order valence-electron chi connectivity index (χ1n) is 50.6. The van der Waals surface area contributed by atoms with Gasteiger partial charge in [0.2, 0.25) is 1.43 Å². The van der Waals surface area contributed by atoms with Gasteiger partial charge in [-0.15, -0.1) is 47.3 Å². The third kappa shape index (κ3) is 21.1. The van der Waals surface area contributed by atoms with Gasteiger partial charge in [-0.3, -0.25) is 4.70 Å². The zero-order chi connectivity index (χ0) is 101. The first kappa shape index (κ1) is 102. The summed E-state index contributed by atoms with van der Waals surface area (Å²) in [6, 6.07) is 157. The molecule has 0 fully saturated rings. The quantitative estimate of drug-likeness (QED) is 0.0631. The molecule has 0 aliphatic carbocycles. The van der Waals surface area contributed by atoms with Gasteiger partial charge in [0.05, 0.1) is 22.7 Å². The summed E-state index contributed by atoms with van der Waals surface area (Å²) >= 11 is 9.31. The highest BCUT2D eigenvalue weighted by atomic mass is 79.9. The number of fused-ring (bicyclic) bond motifs is 8. The molecule has 0 aromatic heterocycles. The summed E-state index contributed by atoms with van der Waals surface area (Å²) in [4.78, 5) is 14.5. The van der Waals surface area contributed by atoms with Crippen LogP contribution in [0.15, 0.2) is 431 Å². The van der Waals surface area contributed by atoms with E-state index in [0.717, 1.165) is 120 Å². The highest BCUT2D eigenvalue weighted by Gasteiger charge is 2.48. The van der Waals surface area contributed by atoms with Gasteiger partial charge in [-0.05, 0) is 271 Å². The number of benzene rings is 18. The predicted octanol–water partition coefficient (Wildman–Crippen LogP) is 31.4. The maximum absolute atomic E-state index is 7.22. The molecule has 1 N–H and O–H groups in total. The molecule has 18 heteroatoms. The van der Waals surface area contributed by atoms with E-state index < -0.39 is 0 Å². The summed E-state index contributed by atoms with van der Waals surface area (Å²) in [6.07, 6.45) is 0. The highest BCUT2D eigenvalue weighted by Crippen LogP contribution is 2.52. The number of halogens is 4. The average molecular weight is 2110 g/mol. The number of nitrogens with zero attached hydrogens (tertiary/aromatic N) is 6. The zero-order valence-corrected chi connectivity index (χ0v) is 88.8. The van der Waals surface area contributed by atoms with Crippen molar-refractivity contribution in [3.8, 4) is 23.0 Å². The molecule has 4 heterocycles. The van der Waals surface area contributed by atoms with E-state index >= 15 is 0 Å². The second-order valence-corrected chi connectivity index (χ2v) is 45.4. The van der Waals surface area contributed by atoms with Crippen molar-refractivity contribution in [2.24, 2.45) is 0 Å². The van der Waals surface area contributed by atoms with Crippen molar-refractivity contribution in [3.05, 3.63) is 464 Å². The van der Waals surface area contributed by atoms with Crippen LogP contribution in [0.25, 0.3) is 0 Å². The van der Waals surface area contributed by atoms with Gasteiger partial charge in [0.25, 0.3) is 20.1 Å². The van der Waals surface area contributed by atoms with E-state index in [1.807, 2.05) is 0 Å². The molecular weight excluding hydrogens is 1980 g/mol. The molecule has 4 aliphatic heterocycles. The molecule has 146 heavy (non-hydrogen) atoms. The van der Waals surface area contributed by atoms with Crippen LogP contribution in [-0.4, -0.2) is 44.2 Å². The van der Waals surface area contributed by atoms with Gasteiger partial charge in [0, 0.05) is 98.3 Å². The van der Waals surface area contributed by atoms with Crippen LogP contribution in [0.5, 0.6) is 23.0 Å². The third-order valence-electron chi connectivity index (χ3n) is 27.8. The molecule has 2 radical (unpaired) electrons. The number of aliphatic hydroxyl groups excluding tert-OH is 1. The maximum atomic E-state index is 7.22. The molecule has 18 aromatic rings. The Morgan fingerprint density at radius 1 is 0.267 bits per heavy atom. The van der Waals surface area contributed by atoms with Crippen molar-refractivity contribution < 1.29 is 19.3 Å². The van der Waals surface area contributed by atoms with E-state index in [9.17, 15) is 0 Å². The number of rotatable bonds is 23. The first-order valence-corrected chi connectivity index (χ1v) is 53.0. The molecule has 0 unspecified atom stereocenters. The lowest BCUT2D eigenvalue weighted by Gasteiger charge is -2.45. The number of aliphatic hydroxyl groups is 1. The Kier molecular flexibility index (Phi) is 32.3. The van der Waals surface area contributed by atoms with Crippen LogP contribution in [0, 0.1) is 0 Å². The second-order valence-electron chi connectivity index (χ2n) is 39.0. The molecule has 18 aromatic carbocycles. The van der Waals surface area contributed by atoms with E-state index in [4.69, 9.17) is 10.9 Å². The molecule has 0 spiro atoms. The molecule has 0 saturated carbocycles. The number of ether oxygens (including phenoxy) is 2. The topological polar surface area (TPSA) is 58.1 Å². The van der Waals surface area contributed by atoms with E-state index in [2.05, 4.69) is 603 Å². The van der Waals surface area contributed by atoms with Crippen molar-refractivity contribution in [2.75, 3.05) is 35.9 Å². The fourth-order valence-corrected chi connectivity index (χ4v) is 21.4. The van der Waals surface area contributed by atoms with Crippen molar-refractivity contribution >= 4 is 230 Å². The molecule has 0 atom stereocenters. The smallest absolute Gasteiger partial charge is 0.369 e. The van der Waals surface area contributed by atoms with E-state index in [1.54, 1.807) is 0 Å².